The normalized spacial score (nSPS) is 10.6. The highest BCUT2D eigenvalue weighted by Crippen LogP contribution is 2.30. The first-order chi connectivity index (χ1) is 12.1. The van der Waals surface area contributed by atoms with Crippen molar-refractivity contribution in [1.29, 1.82) is 0 Å². The first-order valence-electron chi connectivity index (χ1n) is 7.70. The first kappa shape index (κ1) is 18.9. The van der Waals surface area contributed by atoms with Gasteiger partial charge in [-0.25, -0.2) is 0 Å². The van der Waals surface area contributed by atoms with E-state index in [0.29, 0.717) is 23.8 Å². The van der Waals surface area contributed by atoms with Crippen LogP contribution in [0.1, 0.15) is 12.5 Å². The van der Waals surface area contributed by atoms with Gasteiger partial charge in [-0.3, -0.25) is 4.79 Å². The van der Waals surface area contributed by atoms with Gasteiger partial charge in [-0.15, -0.1) is 0 Å². The molecule has 0 aliphatic rings. The molecule has 0 aliphatic heterocycles. The largest absolute Gasteiger partial charge is 0.493 e. The minimum absolute atomic E-state index is 0.255. The lowest BCUT2D eigenvalue weighted by Crippen LogP contribution is -2.08. The Balaban J connectivity index is 2.12. The summed E-state index contributed by atoms with van der Waals surface area (Å²) in [5.74, 6) is 1.62. The fourth-order valence-corrected chi connectivity index (χ4v) is 2.58. The third-order valence-electron chi connectivity index (χ3n) is 3.34. The van der Waals surface area contributed by atoms with Crippen LogP contribution in [0.4, 0.5) is 5.69 Å². The van der Waals surface area contributed by atoms with E-state index in [1.54, 1.807) is 38.5 Å². The van der Waals surface area contributed by atoms with Crippen LogP contribution in [0.5, 0.6) is 17.2 Å². The molecule has 132 valence electrons. The maximum Gasteiger partial charge on any atom is 0.248 e. The van der Waals surface area contributed by atoms with Crippen LogP contribution in [-0.2, 0) is 4.79 Å². The third kappa shape index (κ3) is 5.26. The Morgan fingerprint density at radius 1 is 1.08 bits per heavy atom. The van der Waals surface area contributed by atoms with Crippen molar-refractivity contribution < 1.29 is 19.0 Å². The topological polar surface area (TPSA) is 56.8 Å². The summed E-state index contributed by atoms with van der Waals surface area (Å²) in [6.45, 7) is 2.47. The summed E-state index contributed by atoms with van der Waals surface area (Å²) in [6, 6.07) is 10.8. The van der Waals surface area contributed by atoms with Crippen molar-refractivity contribution >= 4 is 33.6 Å². The summed E-state index contributed by atoms with van der Waals surface area (Å²) < 4.78 is 16.9. The number of hydrogen-bond donors (Lipinski definition) is 1. The summed E-state index contributed by atoms with van der Waals surface area (Å²) in [6.07, 6.45) is 3.17. The molecule has 1 amide bonds. The Bertz CT molecular complexity index is 774. The van der Waals surface area contributed by atoms with Crippen molar-refractivity contribution in [2.45, 2.75) is 6.92 Å². The lowest BCUT2D eigenvalue weighted by atomic mass is 10.2. The number of rotatable bonds is 7. The van der Waals surface area contributed by atoms with Gasteiger partial charge >= 0.3 is 0 Å². The maximum atomic E-state index is 12.2. The van der Waals surface area contributed by atoms with Crippen LogP contribution in [0, 0.1) is 0 Å². The highest BCUT2D eigenvalue weighted by Gasteiger charge is 2.07. The van der Waals surface area contributed by atoms with Gasteiger partial charge < -0.3 is 19.5 Å². The molecule has 0 atom stereocenters. The fraction of sp³-hybridized carbons (Fsp3) is 0.211. The Kier molecular flexibility index (Phi) is 6.89. The van der Waals surface area contributed by atoms with Crippen LogP contribution in [0.2, 0.25) is 0 Å². The van der Waals surface area contributed by atoms with E-state index in [-0.39, 0.29) is 5.91 Å². The molecule has 2 rings (SSSR count). The number of amides is 1. The molecule has 25 heavy (non-hydrogen) atoms. The molecule has 0 bridgehead atoms. The van der Waals surface area contributed by atoms with Crippen LogP contribution in [0.3, 0.4) is 0 Å². The monoisotopic (exact) mass is 405 g/mol. The van der Waals surface area contributed by atoms with Crippen molar-refractivity contribution in [2.24, 2.45) is 0 Å². The molecule has 0 saturated carbocycles. The zero-order chi connectivity index (χ0) is 18.2. The number of anilines is 1. The van der Waals surface area contributed by atoms with Crippen LogP contribution in [0.25, 0.3) is 6.08 Å². The first-order valence-corrected chi connectivity index (χ1v) is 8.50. The predicted octanol–water partition coefficient (Wildman–Crippen LogP) is 4.52. The van der Waals surface area contributed by atoms with E-state index in [4.69, 9.17) is 14.2 Å². The maximum absolute atomic E-state index is 12.2. The second-order valence-electron chi connectivity index (χ2n) is 5.01. The zero-order valence-corrected chi connectivity index (χ0v) is 15.9. The van der Waals surface area contributed by atoms with Crippen molar-refractivity contribution in [1.82, 2.24) is 0 Å². The highest BCUT2D eigenvalue weighted by molar-refractivity contribution is 9.10. The molecule has 0 unspecified atom stereocenters. The Labute approximate surface area is 155 Å². The summed E-state index contributed by atoms with van der Waals surface area (Å²) in [5.41, 5.74) is 1.44. The van der Waals surface area contributed by atoms with Gasteiger partial charge in [0, 0.05) is 27.9 Å². The van der Waals surface area contributed by atoms with Crippen LogP contribution >= 0.6 is 15.9 Å². The fourth-order valence-electron chi connectivity index (χ4n) is 2.20. The van der Waals surface area contributed by atoms with Gasteiger partial charge in [0.25, 0.3) is 0 Å². The van der Waals surface area contributed by atoms with Gasteiger partial charge in [0.1, 0.15) is 5.75 Å². The van der Waals surface area contributed by atoms with Crippen LogP contribution in [0.15, 0.2) is 46.9 Å². The van der Waals surface area contributed by atoms with Crippen LogP contribution in [-0.4, -0.2) is 26.7 Å². The van der Waals surface area contributed by atoms with Crippen LogP contribution < -0.4 is 19.5 Å². The van der Waals surface area contributed by atoms with E-state index >= 15 is 0 Å². The molecule has 0 saturated heterocycles. The molecule has 5 nitrogen and oxygen atoms in total. The molecule has 6 heteroatoms. The van der Waals surface area contributed by atoms with Gasteiger partial charge in [0.05, 0.1) is 20.8 Å². The molecule has 0 aliphatic carbocycles. The average molecular weight is 406 g/mol. The van der Waals surface area contributed by atoms with E-state index in [0.717, 1.165) is 15.8 Å². The van der Waals surface area contributed by atoms with E-state index in [1.165, 1.54) is 6.08 Å². The second-order valence-corrected chi connectivity index (χ2v) is 5.92. The van der Waals surface area contributed by atoms with Crippen molar-refractivity contribution in [3.05, 3.63) is 52.5 Å². The average Bonchev–Trinajstić information content (AvgIpc) is 2.62. The summed E-state index contributed by atoms with van der Waals surface area (Å²) >= 11 is 3.42. The molecule has 0 heterocycles. The number of carbonyl (C=O) groups excluding carboxylic acids is 1. The van der Waals surface area contributed by atoms with Crippen molar-refractivity contribution in [3.8, 4) is 17.2 Å². The number of methoxy groups -OCH3 is 2. The second kappa shape index (κ2) is 9.13. The zero-order valence-electron chi connectivity index (χ0n) is 14.3. The molecule has 0 fully saturated rings. The van der Waals surface area contributed by atoms with E-state index in [9.17, 15) is 4.79 Å². The molecule has 2 aromatic carbocycles. The standard InChI is InChI=1S/C19H20BrNO4/c1-4-25-16-8-6-14(20)11-13(16)5-10-19(22)21-15-7-9-17(23-2)18(12-15)24-3/h5-12H,4H2,1-3H3,(H,21,22)/b10-5+. The lowest BCUT2D eigenvalue weighted by molar-refractivity contribution is -0.111. The lowest BCUT2D eigenvalue weighted by Gasteiger charge is -2.10. The highest BCUT2D eigenvalue weighted by atomic mass is 79.9. The van der Waals surface area contributed by atoms with E-state index in [2.05, 4.69) is 21.2 Å². The Hall–Kier alpha value is -2.47. The molecular weight excluding hydrogens is 386 g/mol. The number of nitrogens with one attached hydrogen (secondary N) is 1. The summed E-state index contributed by atoms with van der Waals surface area (Å²) in [7, 11) is 3.11. The number of ether oxygens (including phenoxy) is 3. The number of benzene rings is 2. The Morgan fingerprint density at radius 3 is 2.48 bits per heavy atom. The van der Waals surface area contributed by atoms with E-state index in [1.807, 2.05) is 25.1 Å². The van der Waals surface area contributed by atoms with Gasteiger partial charge in [-0.2, -0.15) is 0 Å². The van der Waals surface area contributed by atoms with Crippen molar-refractivity contribution in [2.75, 3.05) is 26.1 Å². The summed E-state index contributed by atoms with van der Waals surface area (Å²) in [4.78, 5) is 12.2. The molecule has 1 N–H and O–H groups in total. The molecule has 0 spiro atoms. The predicted molar refractivity (Wildman–Crippen MR) is 103 cm³/mol. The summed E-state index contributed by atoms with van der Waals surface area (Å²) in [5, 5.41) is 2.79. The Morgan fingerprint density at radius 2 is 1.80 bits per heavy atom. The number of halogens is 1. The minimum Gasteiger partial charge on any atom is -0.493 e. The molecular formula is C19H20BrNO4. The number of hydrogen-bond acceptors (Lipinski definition) is 4. The van der Waals surface area contributed by atoms with Gasteiger partial charge in [0.15, 0.2) is 11.5 Å². The molecule has 2 aromatic rings. The van der Waals surface area contributed by atoms with E-state index < -0.39 is 0 Å². The molecule has 0 radical (unpaired) electrons. The van der Waals surface area contributed by atoms with Crippen molar-refractivity contribution in [3.63, 3.8) is 0 Å². The van der Waals surface area contributed by atoms with Gasteiger partial charge in [0.2, 0.25) is 5.91 Å². The minimum atomic E-state index is -0.255. The van der Waals surface area contributed by atoms with Gasteiger partial charge in [-0.1, -0.05) is 15.9 Å². The quantitative estimate of drug-likeness (QED) is 0.688. The SMILES string of the molecule is CCOc1ccc(Br)cc1/C=C/C(=O)Nc1ccc(OC)c(OC)c1. The third-order valence-corrected chi connectivity index (χ3v) is 3.83. The number of carbonyl (C=O) groups is 1. The molecule has 0 aromatic heterocycles. The van der Waals surface area contributed by atoms with Gasteiger partial charge in [-0.05, 0) is 43.3 Å². The smallest absolute Gasteiger partial charge is 0.248 e.